The quantitative estimate of drug-likeness (QED) is 0.568. The van der Waals surface area contributed by atoms with Crippen LogP contribution in [0.15, 0.2) is 48.5 Å². The predicted molar refractivity (Wildman–Crippen MR) is 128 cm³/mol. The van der Waals surface area contributed by atoms with E-state index in [0.717, 1.165) is 43.9 Å². The van der Waals surface area contributed by atoms with Crippen molar-refractivity contribution in [2.45, 2.75) is 62.3 Å². The Hall–Kier alpha value is -2.95. The number of carbonyl (C=O) groups excluding carboxylic acids is 2. The van der Waals surface area contributed by atoms with Crippen molar-refractivity contribution < 1.29 is 32.6 Å². The average Bonchev–Trinajstić information content (AvgIpc) is 3.43. The maximum atomic E-state index is 12.9. The Balaban J connectivity index is 1.10. The lowest BCUT2D eigenvalue weighted by molar-refractivity contribution is -0.137. The van der Waals surface area contributed by atoms with Crippen molar-refractivity contribution in [3.63, 3.8) is 0 Å². The first-order valence-corrected chi connectivity index (χ1v) is 12.5. The molecule has 0 radical (unpaired) electrons. The van der Waals surface area contributed by atoms with Gasteiger partial charge < -0.3 is 20.5 Å². The summed E-state index contributed by atoms with van der Waals surface area (Å²) in [6.07, 6.45) is -1.66. The molecule has 1 saturated carbocycles. The smallest absolute Gasteiger partial charge is 0.390 e. The molecule has 2 aromatic carbocycles. The zero-order chi connectivity index (χ0) is 26.2. The van der Waals surface area contributed by atoms with Crippen molar-refractivity contribution in [3.8, 4) is 0 Å². The second-order valence-electron chi connectivity index (χ2n) is 10.1. The van der Waals surface area contributed by atoms with E-state index in [1.165, 1.54) is 17.2 Å². The van der Waals surface area contributed by atoms with Crippen LogP contribution in [0.25, 0.3) is 0 Å². The Bertz CT molecular complexity index is 1160. The van der Waals surface area contributed by atoms with E-state index in [0.29, 0.717) is 19.7 Å². The molecule has 198 valence electrons. The number of nitrogens with zero attached hydrogens (tertiary/aromatic N) is 1. The number of rotatable bonds is 5. The monoisotopic (exact) mass is 517 g/mol. The number of likely N-dealkylation sites (tertiary alicyclic amines) is 1. The number of fused-ring (bicyclic) bond motifs is 2. The van der Waals surface area contributed by atoms with Crippen LogP contribution in [-0.4, -0.2) is 59.6 Å². The van der Waals surface area contributed by atoms with Gasteiger partial charge in [0.05, 0.1) is 36.5 Å². The third-order valence-corrected chi connectivity index (χ3v) is 7.82. The third-order valence-electron chi connectivity index (χ3n) is 7.82. The lowest BCUT2D eigenvalue weighted by Gasteiger charge is -2.40. The first-order chi connectivity index (χ1) is 17.6. The van der Waals surface area contributed by atoms with Crippen molar-refractivity contribution in [3.05, 3.63) is 70.8 Å². The Morgan fingerprint density at radius 2 is 1.84 bits per heavy atom. The van der Waals surface area contributed by atoms with Crippen molar-refractivity contribution in [2.24, 2.45) is 0 Å². The molecule has 2 atom stereocenters. The van der Waals surface area contributed by atoms with Crippen LogP contribution in [0.5, 0.6) is 0 Å². The van der Waals surface area contributed by atoms with Crippen LogP contribution in [-0.2, 0) is 27.9 Å². The zero-order valence-corrected chi connectivity index (χ0v) is 20.3. The fourth-order valence-corrected chi connectivity index (χ4v) is 5.85. The van der Waals surface area contributed by atoms with Gasteiger partial charge in [0.25, 0.3) is 5.91 Å². The van der Waals surface area contributed by atoms with Gasteiger partial charge in [-0.15, -0.1) is 0 Å². The van der Waals surface area contributed by atoms with Crippen LogP contribution in [0, 0.1) is 0 Å². The van der Waals surface area contributed by atoms with Crippen molar-refractivity contribution >= 4 is 11.8 Å². The minimum atomic E-state index is -4.56. The summed E-state index contributed by atoms with van der Waals surface area (Å²) in [7, 11) is 0. The molecule has 5 rings (SSSR count). The number of nitrogens with one attached hydrogen (secondary N) is 2. The molecule has 0 unspecified atom stereocenters. The number of β-amino-alcohol motifs (C(OH)–C–C–N with tert-alkyl or cyclic N) is 1. The highest BCUT2D eigenvalue weighted by molar-refractivity contribution is 5.96. The van der Waals surface area contributed by atoms with E-state index >= 15 is 0 Å². The van der Waals surface area contributed by atoms with Crippen LogP contribution >= 0.6 is 0 Å². The SMILES string of the molecule is O=C(CNC(=O)c1cccc(C(F)(F)F)c1)N[C@H]1CN(C2CCC3(CC2)OCc2ccccc23)C[C@H]1O. The number of amides is 2. The minimum Gasteiger partial charge on any atom is -0.390 e. The lowest BCUT2D eigenvalue weighted by Crippen LogP contribution is -2.47. The van der Waals surface area contributed by atoms with E-state index in [2.05, 4.69) is 27.7 Å². The van der Waals surface area contributed by atoms with E-state index in [9.17, 15) is 27.9 Å². The van der Waals surface area contributed by atoms with E-state index in [1.807, 2.05) is 12.1 Å². The summed E-state index contributed by atoms with van der Waals surface area (Å²) in [6.45, 7) is 1.17. The highest BCUT2D eigenvalue weighted by Gasteiger charge is 2.45. The summed E-state index contributed by atoms with van der Waals surface area (Å²) >= 11 is 0. The zero-order valence-electron chi connectivity index (χ0n) is 20.3. The van der Waals surface area contributed by atoms with Crippen LogP contribution in [0.4, 0.5) is 13.2 Å². The van der Waals surface area contributed by atoms with Gasteiger partial charge in [-0.2, -0.15) is 13.2 Å². The van der Waals surface area contributed by atoms with Crippen LogP contribution in [0.1, 0.15) is 52.7 Å². The highest BCUT2D eigenvalue weighted by Crippen LogP contribution is 2.47. The number of benzene rings is 2. The number of hydrogen-bond acceptors (Lipinski definition) is 5. The topological polar surface area (TPSA) is 90.9 Å². The second-order valence-corrected chi connectivity index (χ2v) is 10.1. The Labute approximate surface area is 213 Å². The van der Waals surface area contributed by atoms with Gasteiger partial charge >= 0.3 is 6.18 Å². The first kappa shape index (κ1) is 25.7. The summed E-state index contributed by atoms with van der Waals surface area (Å²) in [5.74, 6) is -1.29. The molecular weight excluding hydrogens is 487 g/mol. The van der Waals surface area contributed by atoms with Crippen LogP contribution in [0.2, 0.25) is 0 Å². The van der Waals surface area contributed by atoms with Crippen LogP contribution in [0.3, 0.4) is 0 Å². The maximum Gasteiger partial charge on any atom is 0.416 e. The van der Waals surface area contributed by atoms with E-state index in [1.54, 1.807) is 0 Å². The predicted octanol–water partition coefficient (Wildman–Crippen LogP) is 2.96. The fourth-order valence-electron chi connectivity index (χ4n) is 5.85. The number of hydrogen-bond donors (Lipinski definition) is 3. The molecule has 3 N–H and O–H groups in total. The molecule has 10 heteroatoms. The largest absolute Gasteiger partial charge is 0.416 e. The first-order valence-electron chi connectivity index (χ1n) is 12.5. The van der Waals surface area contributed by atoms with Gasteiger partial charge in [0.15, 0.2) is 0 Å². The summed E-state index contributed by atoms with van der Waals surface area (Å²) in [5, 5.41) is 15.7. The maximum absolute atomic E-state index is 12.9. The fraction of sp³-hybridized carbons (Fsp3) is 0.481. The Kier molecular flexibility index (Phi) is 6.99. The molecule has 7 nitrogen and oxygen atoms in total. The molecular formula is C27H30F3N3O4. The molecule has 2 aliphatic heterocycles. The average molecular weight is 518 g/mol. The standard InChI is InChI=1S/C27H30F3N3O4/c28-27(29,30)19-6-3-5-17(12-19)25(36)31-13-24(35)32-22-14-33(15-23(22)34)20-8-10-26(11-9-20)21-7-2-1-4-18(21)16-37-26/h1-7,12,20,22-23,34H,8-11,13-16H2,(H,31,36)(H,32,35)/t20?,22-,23+,26?/m0/s1. The summed E-state index contributed by atoms with van der Waals surface area (Å²) in [4.78, 5) is 26.9. The van der Waals surface area contributed by atoms with Crippen molar-refractivity contribution in [1.82, 2.24) is 15.5 Å². The number of alkyl halides is 3. The number of carbonyl (C=O) groups is 2. The molecule has 1 spiro atoms. The molecule has 2 fully saturated rings. The Morgan fingerprint density at radius 1 is 1.08 bits per heavy atom. The van der Waals surface area contributed by atoms with Crippen molar-refractivity contribution in [1.29, 1.82) is 0 Å². The third kappa shape index (κ3) is 5.37. The molecule has 1 aliphatic carbocycles. The van der Waals surface area contributed by atoms with E-state index in [-0.39, 0.29) is 17.2 Å². The summed E-state index contributed by atoms with van der Waals surface area (Å²) < 4.78 is 44.9. The summed E-state index contributed by atoms with van der Waals surface area (Å²) in [6, 6.07) is 12.2. The molecule has 3 aliphatic rings. The number of aliphatic hydroxyl groups is 1. The molecule has 0 bridgehead atoms. The van der Waals surface area contributed by atoms with Crippen molar-refractivity contribution in [2.75, 3.05) is 19.6 Å². The highest BCUT2D eigenvalue weighted by atomic mass is 19.4. The van der Waals surface area contributed by atoms with E-state index < -0.39 is 42.2 Å². The molecule has 2 aromatic rings. The van der Waals surface area contributed by atoms with E-state index in [4.69, 9.17) is 4.74 Å². The number of aliphatic hydroxyl groups excluding tert-OH is 1. The summed E-state index contributed by atoms with van der Waals surface area (Å²) in [5.41, 5.74) is 1.19. The van der Waals surface area contributed by atoms with Gasteiger partial charge in [0.1, 0.15) is 0 Å². The molecule has 2 heterocycles. The normalized spacial score (nSPS) is 27.7. The molecule has 2 amide bonds. The van der Waals surface area contributed by atoms with Gasteiger partial charge in [-0.3, -0.25) is 14.5 Å². The van der Waals surface area contributed by atoms with Crippen LogP contribution < -0.4 is 10.6 Å². The van der Waals surface area contributed by atoms with Gasteiger partial charge in [-0.1, -0.05) is 30.3 Å². The molecule has 0 aromatic heterocycles. The minimum absolute atomic E-state index is 0.182. The van der Waals surface area contributed by atoms with Gasteiger partial charge in [-0.25, -0.2) is 0 Å². The van der Waals surface area contributed by atoms with Gasteiger partial charge in [0.2, 0.25) is 5.91 Å². The van der Waals surface area contributed by atoms with Gasteiger partial charge in [0, 0.05) is 24.7 Å². The Morgan fingerprint density at radius 3 is 2.59 bits per heavy atom. The van der Waals surface area contributed by atoms with Gasteiger partial charge in [-0.05, 0) is 55.0 Å². The molecule has 37 heavy (non-hydrogen) atoms. The lowest BCUT2D eigenvalue weighted by atomic mass is 9.77. The number of halogens is 3. The second kappa shape index (κ2) is 10.1. The number of ether oxygens (including phenoxy) is 1. The molecule has 1 saturated heterocycles.